The molecule has 0 bridgehead atoms. The standard InChI is InChI=1S/C21H24N4O4S/c1-15-9-11-19(12-10-15)30(28,29)23-20(18-7-5-4-6-8-18)13-14-24-17(3)21(25(26)27)16(2)22-24/h4-12,20,23H,13-14H2,1-3H3. The van der Waals surface area contributed by atoms with Gasteiger partial charge in [0, 0.05) is 12.6 Å². The van der Waals surface area contributed by atoms with E-state index in [0.717, 1.165) is 11.1 Å². The molecule has 0 aliphatic heterocycles. The molecule has 8 nitrogen and oxygen atoms in total. The molecular formula is C21H24N4O4S. The molecule has 1 aromatic heterocycles. The van der Waals surface area contributed by atoms with Crippen LogP contribution in [0.25, 0.3) is 0 Å². The molecule has 0 spiro atoms. The maximum absolute atomic E-state index is 12.9. The van der Waals surface area contributed by atoms with Crippen molar-refractivity contribution in [1.29, 1.82) is 0 Å². The quantitative estimate of drug-likeness (QED) is 0.433. The van der Waals surface area contributed by atoms with Crippen LogP contribution in [0.2, 0.25) is 0 Å². The summed E-state index contributed by atoms with van der Waals surface area (Å²) in [4.78, 5) is 11.0. The zero-order valence-electron chi connectivity index (χ0n) is 17.1. The minimum Gasteiger partial charge on any atom is -0.262 e. The van der Waals surface area contributed by atoms with Crippen LogP contribution in [-0.2, 0) is 16.6 Å². The van der Waals surface area contributed by atoms with E-state index in [0.29, 0.717) is 24.4 Å². The highest BCUT2D eigenvalue weighted by molar-refractivity contribution is 7.89. The molecule has 1 heterocycles. The third-order valence-electron chi connectivity index (χ3n) is 4.99. The van der Waals surface area contributed by atoms with Crippen molar-refractivity contribution < 1.29 is 13.3 Å². The molecule has 3 rings (SSSR count). The van der Waals surface area contributed by atoms with Crippen LogP contribution < -0.4 is 4.72 Å². The number of aryl methyl sites for hydroxylation is 3. The third kappa shape index (κ3) is 4.74. The molecule has 3 aromatic rings. The molecule has 0 aliphatic carbocycles. The SMILES string of the molecule is Cc1ccc(S(=O)(=O)NC(CCn2nc(C)c([N+](=O)[O-])c2C)c2ccccc2)cc1. The Morgan fingerprint density at radius 1 is 1.07 bits per heavy atom. The largest absolute Gasteiger partial charge is 0.312 e. The number of nitrogens with one attached hydrogen (secondary N) is 1. The molecule has 0 saturated carbocycles. The van der Waals surface area contributed by atoms with Crippen molar-refractivity contribution in [2.75, 3.05) is 0 Å². The highest BCUT2D eigenvalue weighted by Crippen LogP contribution is 2.25. The first-order chi connectivity index (χ1) is 14.2. The summed E-state index contributed by atoms with van der Waals surface area (Å²) in [6.07, 6.45) is 0.383. The Morgan fingerprint density at radius 3 is 2.27 bits per heavy atom. The first-order valence-electron chi connectivity index (χ1n) is 9.51. The minimum atomic E-state index is -3.74. The van der Waals surface area contributed by atoms with Gasteiger partial charge >= 0.3 is 5.69 Å². The van der Waals surface area contributed by atoms with Crippen LogP contribution >= 0.6 is 0 Å². The van der Waals surface area contributed by atoms with Gasteiger partial charge in [-0.25, -0.2) is 13.1 Å². The van der Waals surface area contributed by atoms with Gasteiger partial charge < -0.3 is 0 Å². The summed E-state index contributed by atoms with van der Waals surface area (Å²) in [6, 6.07) is 15.4. The molecule has 0 aliphatic rings. The van der Waals surface area contributed by atoms with Crippen molar-refractivity contribution >= 4 is 15.7 Å². The second kappa shape index (κ2) is 8.76. The first kappa shape index (κ1) is 21.7. The summed E-state index contributed by atoms with van der Waals surface area (Å²) in [5.41, 5.74) is 2.56. The van der Waals surface area contributed by atoms with Crippen molar-refractivity contribution in [3.63, 3.8) is 0 Å². The van der Waals surface area contributed by atoms with E-state index in [-0.39, 0.29) is 10.6 Å². The molecule has 1 N–H and O–H groups in total. The molecule has 0 radical (unpaired) electrons. The monoisotopic (exact) mass is 428 g/mol. The molecule has 2 aromatic carbocycles. The highest BCUT2D eigenvalue weighted by atomic mass is 32.2. The predicted octanol–water partition coefficient (Wildman–Crippen LogP) is 3.83. The van der Waals surface area contributed by atoms with Gasteiger partial charge in [-0.05, 0) is 44.9 Å². The van der Waals surface area contributed by atoms with E-state index < -0.39 is 21.0 Å². The number of benzene rings is 2. The molecule has 9 heteroatoms. The van der Waals surface area contributed by atoms with E-state index in [1.165, 1.54) is 0 Å². The van der Waals surface area contributed by atoms with Gasteiger partial charge in [-0.15, -0.1) is 0 Å². The van der Waals surface area contributed by atoms with Crippen molar-refractivity contribution in [2.45, 2.75) is 44.7 Å². The van der Waals surface area contributed by atoms with Crippen LogP contribution in [0.3, 0.4) is 0 Å². The van der Waals surface area contributed by atoms with Crippen LogP contribution in [0.5, 0.6) is 0 Å². The minimum absolute atomic E-state index is 0.00787. The summed E-state index contributed by atoms with van der Waals surface area (Å²) in [5, 5.41) is 15.5. The molecule has 158 valence electrons. The second-order valence-electron chi connectivity index (χ2n) is 7.19. The van der Waals surface area contributed by atoms with Gasteiger partial charge in [0.05, 0.1) is 9.82 Å². The van der Waals surface area contributed by atoms with E-state index >= 15 is 0 Å². The number of rotatable bonds is 8. The third-order valence-corrected chi connectivity index (χ3v) is 6.47. The van der Waals surface area contributed by atoms with Gasteiger partial charge in [-0.1, -0.05) is 48.0 Å². The topological polar surface area (TPSA) is 107 Å². The summed E-state index contributed by atoms with van der Waals surface area (Å²) < 4.78 is 30.2. The van der Waals surface area contributed by atoms with Crippen molar-refractivity contribution in [2.24, 2.45) is 0 Å². The number of hydrogen-bond donors (Lipinski definition) is 1. The Labute approximate surface area is 175 Å². The normalized spacial score (nSPS) is 12.6. The fourth-order valence-electron chi connectivity index (χ4n) is 3.37. The molecule has 0 saturated heterocycles. The van der Waals surface area contributed by atoms with E-state index in [2.05, 4.69) is 9.82 Å². The number of aromatic nitrogens is 2. The number of nitro groups is 1. The maximum Gasteiger partial charge on any atom is 0.312 e. The van der Waals surface area contributed by atoms with Gasteiger partial charge in [-0.2, -0.15) is 5.10 Å². The Balaban J connectivity index is 1.87. The van der Waals surface area contributed by atoms with Crippen LogP contribution in [0.4, 0.5) is 5.69 Å². The first-order valence-corrected chi connectivity index (χ1v) is 11.0. The van der Waals surface area contributed by atoms with Crippen molar-refractivity contribution in [3.8, 4) is 0 Å². The lowest BCUT2D eigenvalue weighted by Crippen LogP contribution is -2.29. The summed E-state index contributed by atoms with van der Waals surface area (Å²) in [6.45, 7) is 5.46. The second-order valence-corrected chi connectivity index (χ2v) is 8.90. The lowest BCUT2D eigenvalue weighted by molar-refractivity contribution is -0.386. The summed E-state index contributed by atoms with van der Waals surface area (Å²) in [7, 11) is -3.74. The van der Waals surface area contributed by atoms with Crippen LogP contribution in [0.1, 0.15) is 35.0 Å². The zero-order valence-corrected chi connectivity index (χ0v) is 17.9. The van der Waals surface area contributed by atoms with Crippen LogP contribution in [-0.4, -0.2) is 23.1 Å². The average Bonchev–Trinajstić information content (AvgIpc) is 2.99. The van der Waals surface area contributed by atoms with E-state index in [1.54, 1.807) is 42.8 Å². The number of nitrogens with zero attached hydrogens (tertiary/aromatic N) is 3. The Morgan fingerprint density at radius 2 is 1.70 bits per heavy atom. The smallest absolute Gasteiger partial charge is 0.262 e. The van der Waals surface area contributed by atoms with E-state index in [4.69, 9.17) is 0 Å². The lowest BCUT2D eigenvalue weighted by atomic mass is 10.1. The van der Waals surface area contributed by atoms with E-state index in [1.807, 2.05) is 37.3 Å². The van der Waals surface area contributed by atoms with Crippen molar-refractivity contribution in [3.05, 3.63) is 87.2 Å². The van der Waals surface area contributed by atoms with Crippen molar-refractivity contribution in [1.82, 2.24) is 14.5 Å². The summed E-state index contributed by atoms with van der Waals surface area (Å²) in [5.74, 6) is 0. The fourth-order valence-corrected chi connectivity index (χ4v) is 4.63. The summed E-state index contributed by atoms with van der Waals surface area (Å²) >= 11 is 0. The maximum atomic E-state index is 12.9. The molecule has 0 fully saturated rings. The zero-order chi connectivity index (χ0) is 21.9. The predicted molar refractivity (Wildman–Crippen MR) is 114 cm³/mol. The Hall–Kier alpha value is -3.04. The Kier molecular flexibility index (Phi) is 6.33. The average molecular weight is 429 g/mol. The Bertz CT molecular complexity index is 1140. The van der Waals surface area contributed by atoms with Gasteiger partial charge in [0.25, 0.3) is 0 Å². The van der Waals surface area contributed by atoms with Gasteiger partial charge in [0.15, 0.2) is 0 Å². The van der Waals surface area contributed by atoms with E-state index in [9.17, 15) is 18.5 Å². The van der Waals surface area contributed by atoms with Crippen LogP contribution in [0, 0.1) is 30.9 Å². The molecule has 30 heavy (non-hydrogen) atoms. The molecule has 0 amide bonds. The molecular weight excluding hydrogens is 404 g/mol. The van der Waals surface area contributed by atoms with Gasteiger partial charge in [0.1, 0.15) is 11.4 Å². The van der Waals surface area contributed by atoms with Crippen LogP contribution in [0.15, 0.2) is 59.5 Å². The lowest BCUT2D eigenvalue weighted by Gasteiger charge is -2.20. The van der Waals surface area contributed by atoms with Gasteiger partial charge in [-0.3, -0.25) is 14.8 Å². The number of sulfonamides is 1. The number of hydrogen-bond acceptors (Lipinski definition) is 5. The highest BCUT2D eigenvalue weighted by Gasteiger charge is 2.24. The molecule has 1 unspecified atom stereocenters. The van der Waals surface area contributed by atoms with Gasteiger partial charge in [0.2, 0.25) is 10.0 Å². The fraction of sp³-hybridized carbons (Fsp3) is 0.286. The molecule has 1 atom stereocenters.